The Labute approximate surface area is 273 Å². The smallest absolute Gasteiger partial charge is 0.304 e. The molecule has 24 heteroatoms. The van der Waals surface area contributed by atoms with E-state index in [2.05, 4.69) is 0 Å². The molecule has 0 aliphatic carbocycles. The molecule has 4 rings (SSSR count). The van der Waals surface area contributed by atoms with Crippen LogP contribution in [0.4, 0.5) is 0 Å². The summed E-state index contributed by atoms with van der Waals surface area (Å²) in [6, 6.07) is 0. The second kappa shape index (κ2) is 16.3. The lowest BCUT2D eigenvalue weighted by Gasteiger charge is -2.43. The van der Waals surface area contributed by atoms with E-state index in [-0.39, 0.29) is 0 Å². The molecule has 48 heavy (non-hydrogen) atoms. The predicted octanol–water partition coefficient (Wildman–Crippen LogP) is -10.2. The molecule has 4 aliphatic heterocycles. The fraction of sp³-hybridized carbons (Fsp3) is 1.00. The minimum atomic E-state index is -2.76. The van der Waals surface area contributed by atoms with E-state index >= 15 is 0 Å². The van der Waals surface area contributed by atoms with E-state index in [4.69, 9.17) is 36.8 Å². The van der Waals surface area contributed by atoms with E-state index < -0.39 is 161 Å². The molecule has 0 aromatic carbocycles. The Morgan fingerprint density at radius 3 is 1.15 bits per heavy atom. The van der Waals surface area contributed by atoms with Crippen LogP contribution in [0.1, 0.15) is 0 Å². The zero-order chi connectivity index (χ0) is 35.7. The van der Waals surface area contributed by atoms with Gasteiger partial charge in [-0.3, -0.25) is 8.37 Å². The summed E-state index contributed by atoms with van der Waals surface area (Å²) in [5.74, 6) is -4.89. The quantitative estimate of drug-likeness (QED) is 0.0788. The molecule has 282 valence electrons. The summed E-state index contributed by atoms with van der Waals surface area (Å²) in [5.41, 5.74) is 0. The predicted molar refractivity (Wildman–Crippen MR) is 143 cm³/mol. The molecule has 0 unspecified atom stereocenters. The van der Waals surface area contributed by atoms with Crippen LogP contribution < -0.4 is 0 Å². The van der Waals surface area contributed by atoms with Gasteiger partial charge in [0.15, 0.2) is 12.6 Å². The van der Waals surface area contributed by atoms with Crippen LogP contribution in [0.5, 0.6) is 0 Å². The molecular formula is C24H42O23S. The number of hydrogen-bond acceptors (Lipinski definition) is 23. The first-order valence-corrected chi connectivity index (χ1v) is 15.5. The van der Waals surface area contributed by atoms with Crippen molar-refractivity contribution in [1.82, 2.24) is 0 Å². The topological polar surface area (TPSA) is 374 Å². The van der Waals surface area contributed by atoms with Crippen molar-refractivity contribution < 1.29 is 112 Å². The zero-order valence-electron chi connectivity index (χ0n) is 24.8. The molecule has 0 aromatic heterocycles. The van der Waals surface area contributed by atoms with Crippen LogP contribution in [0, 0.1) is 0 Å². The van der Waals surface area contributed by atoms with Crippen molar-refractivity contribution >= 4 is 11.4 Å². The summed E-state index contributed by atoms with van der Waals surface area (Å²) in [6.45, 7) is -5.55. The minimum absolute atomic E-state index is 0.798. The maximum absolute atomic E-state index is 12.5. The highest BCUT2D eigenvalue weighted by atomic mass is 32.2. The van der Waals surface area contributed by atoms with Gasteiger partial charge in [-0.25, -0.2) is 0 Å². The van der Waals surface area contributed by atoms with Gasteiger partial charge in [-0.2, -0.15) is 4.21 Å². The van der Waals surface area contributed by atoms with E-state index in [1.807, 2.05) is 0 Å². The van der Waals surface area contributed by atoms with Crippen molar-refractivity contribution in [2.75, 3.05) is 39.6 Å². The summed E-state index contributed by atoms with van der Waals surface area (Å²) in [4.78, 5) is 0. The lowest BCUT2D eigenvalue weighted by molar-refractivity contribution is -0.383. The van der Waals surface area contributed by atoms with Crippen LogP contribution in [0.15, 0.2) is 0 Å². The van der Waals surface area contributed by atoms with Crippen molar-refractivity contribution in [3.8, 4) is 0 Å². The third-order valence-electron chi connectivity index (χ3n) is 8.44. The molecule has 0 spiro atoms. The second-order valence-electron chi connectivity index (χ2n) is 11.5. The number of ether oxygens (including phenoxy) is 6. The molecule has 4 saturated heterocycles. The van der Waals surface area contributed by atoms with Crippen LogP contribution in [-0.2, 0) is 48.1 Å². The fourth-order valence-corrected chi connectivity index (χ4v) is 6.07. The van der Waals surface area contributed by atoms with Crippen molar-refractivity contribution in [2.24, 2.45) is 0 Å². The van der Waals surface area contributed by atoms with Gasteiger partial charge in [0, 0.05) is 0 Å². The summed E-state index contributed by atoms with van der Waals surface area (Å²) in [6.07, 6.45) is -29.3. The number of aliphatic hydroxyl groups is 14. The molecule has 23 nitrogen and oxygen atoms in total. The third-order valence-corrected chi connectivity index (χ3v) is 9.09. The van der Waals surface area contributed by atoms with Gasteiger partial charge in [-0.15, -0.1) is 0 Å². The third kappa shape index (κ3) is 7.71. The van der Waals surface area contributed by atoms with Crippen LogP contribution in [-0.4, -0.2) is 225 Å². The average Bonchev–Trinajstić information content (AvgIpc) is 3.47. The van der Waals surface area contributed by atoms with Crippen molar-refractivity contribution in [1.29, 1.82) is 0 Å². The second-order valence-corrected chi connectivity index (χ2v) is 12.4. The van der Waals surface area contributed by atoms with Crippen LogP contribution in [0.3, 0.4) is 0 Å². The summed E-state index contributed by atoms with van der Waals surface area (Å²) in [7, 11) is 0. The van der Waals surface area contributed by atoms with E-state index in [0.29, 0.717) is 0 Å². The Hall–Kier alpha value is -0.730. The van der Waals surface area contributed by atoms with E-state index in [0.717, 1.165) is 0 Å². The first kappa shape index (κ1) is 40.0. The molecule has 4 heterocycles. The van der Waals surface area contributed by atoms with E-state index in [9.17, 15) is 75.7 Å². The van der Waals surface area contributed by atoms with Crippen LogP contribution >= 0.6 is 0 Å². The van der Waals surface area contributed by atoms with E-state index in [1.54, 1.807) is 0 Å². The highest BCUT2D eigenvalue weighted by Gasteiger charge is 2.60. The standard InChI is InChI=1S/C24H42O23S/c25-1-7-13(31)19(37)23(5-27,44-7)46-21-17(35)15(33)11(29)9(42-21)3-40-48(39)41-4-10-12(30)16(34)18(36)22(43-10)47-24(6-28)20(38)14(32)8(2-26)45-24/h7-22,25-38H,1-6H2/t7-,8-,9-,10-,11-,12-,13-,14-,15+,16+,17-,18-,19+,20+,21-,22-,23+,24+/m1/s1. The largest absolute Gasteiger partial charge is 0.394 e. The highest BCUT2D eigenvalue weighted by Crippen LogP contribution is 2.37. The maximum Gasteiger partial charge on any atom is 0.304 e. The Morgan fingerprint density at radius 1 is 0.500 bits per heavy atom. The molecule has 18 atom stereocenters. The first-order valence-electron chi connectivity index (χ1n) is 14.5. The van der Waals surface area contributed by atoms with Gasteiger partial charge in [-0.05, 0) is 0 Å². The fourth-order valence-electron chi connectivity index (χ4n) is 5.52. The summed E-state index contributed by atoms with van der Waals surface area (Å²) >= 11 is -2.76. The van der Waals surface area contributed by atoms with E-state index in [1.165, 1.54) is 0 Å². The van der Waals surface area contributed by atoms with Crippen molar-refractivity contribution in [3.05, 3.63) is 0 Å². The van der Waals surface area contributed by atoms with Crippen LogP contribution in [0.25, 0.3) is 0 Å². The van der Waals surface area contributed by atoms with Gasteiger partial charge in [0.25, 0.3) is 0 Å². The molecule has 4 aliphatic rings. The Balaban J connectivity index is 1.34. The maximum atomic E-state index is 12.5. The van der Waals surface area contributed by atoms with Crippen LogP contribution in [0.2, 0.25) is 0 Å². The molecule has 4 fully saturated rings. The SMILES string of the molecule is O=S(OC[C@H]1O[C@H](O[C@]2(CO)O[C@H](CO)[C@@H](O)[C@@H]2O)[C@H](O)[C@@H](O)[C@@H]1O)OC[C@H]1O[C@H](O[C@]2(CO)O[C@H](CO)[C@@H](O)[C@@H]2O)[C@H](O)[C@@H](O)[C@@H]1O. The highest BCUT2D eigenvalue weighted by molar-refractivity contribution is 7.75. The molecule has 0 saturated carbocycles. The number of hydrogen-bond donors (Lipinski definition) is 14. The van der Waals surface area contributed by atoms with Crippen molar-refractivity contribution in [2.45, 2.75) is 110 Å². The average molecular weight is 731 g/mol. The Bertz CT molecular complexity index is 984. The van der Waals surface area contributed by atoms with Crippen molar-refractivity contribution in [3.63, 3.8) is 0 Å². The lowest BCUT2D eigenvalue weighted by atomic mass is 9.99. The van der Waals surface area contributed by atoms with Gasteiger partial charge in [0.1, 0.15) is 98.7 Å². The molecule has 14 N–H and O–H groups in total. The number of aliphatic hydroxyl groups excluding tert-OH is 14. The monoisotopic (exact) mass is 730 g/mol. The zero-order valence-corrected chi connectivity index (χ0v) is 25.6. The lowest BCUT2D eigenvalue weighted by Crippen LogP contribution is -2.63. The first-order chi connectivity index (χ1) is 22.6. The van der Waals surface area contributed by atoms with Gasteiger partial charge in [-0.1, -0.05) is 0 Å². The Morgan fingerprint density at radius 2 is 0.854 bits per heavy atom. The normalized spacial score (nSPS) is 50.0. The molecule has 0 radical (unpaired) electrons. The molecular weight excluding hydrogens is 688 g/mol. The van der Waals surface area contributed by atoms with Gasteiger partial charge < -0.3 is 99.9 Å². The molecule has 0 amide bonds. The van der Waals surface area contributed by atoms with Gasteiger partial charge >= 0.3 is 11.4 Å². The van der Waals surface area contributed by atoms with Gasteiger partial charge in [0.05, 0.1) is 26.4 Å². The number of rotatable bonds is 14. The molecule has 0 aromatic rings. The Kier molecular flexibility index (Phi) is 13.6. The summed E-state index contributed by atoms with van der Waals surface area (Å²) < 4.78 is 54.3. The summed E-state index contributed by atoms with van der Waals surface area (Å²) in [5, 5.41) is 141. The van der Waals surface area contributed by atoms with Gasteiger partial charge in [0.2, 0.25) is 11.6 Å². The minimum Gasteiger partial charge on any atom is -0.394 e. The molecule has 0 bridgehead atoms.